The normalized spacial score (nSPS) is 9.90. The minimum absolute atomic E-state index is 0.0872. The number of nitrogens with zero attached hydrogens (tertiary/aromatic N) is 2. The highest BCUT2D eigenvalue weighted by Crippen LogP contribution is 2.30. The zero-order valence-electron chi connectivity index (χ0n) is 10.4. The van der Waals surface area contributed by atoms with E-state index in [1.807, 2.05) is 6.07 Å². The zero-order chi connectivity index (χ0) is 15.1. The molecule has 0 N–H and O–H groups in total. The number of hydrogen-bond donors (Lipinski definition) is 0. The van der Waals surface area contributed by atoms with Crippen LogP contribution in [-0.4, -0.2) is 16.1 Å². The number of carbonyl (C=O) groups is 1. The Labute approximate surface area is 127 Å². The van der Waals surface area contributed by atoms with Crippen LogP contribution >= 0.6 is 21.9 Å². The van der Waals surface area contributed by atoms with Gasteiger partial charge in [0.05, 0.1) is 4.92 Å². The first-order valence-corrected chi connectivity index (χ1v) is 7.61. The topological polar surface area (TPSA) is 91.6 Å². The van der Waals surface area contributed by atoms with E-state index in [1.165, 1.54) is 24.3 Å². The van der Waals surface area contributed by atoms with Crippen LogP contribution in [0.2, 0.25) is 0 Å². The van der Waals surface area contributed by atoms with Gasteiger partial charge in [-0.25, -0.2) is 9.78 Å². The molecule has 0 aliphatic heterocycles. The molecular formula is C12H8N2O5S2. The third-order valence-corrected chi connectivity index (χ3v) is 3.71. The molecule has 0 saturated carbocycles. The van der Waals surface area contributed by atoms with Crippen LogP contribution in [0.4, 0.5) is 10.5 Å². The van der Waals surface area contributed by atoms with Crippen molar-refractivity contribution < 1.29 is 18.6 Å². The van der Waals surface area contributed by atoms with Crippen molar-refractivity contribution >= 4 is 33.7 Å². The fourth-order valence-corrected chi connectivity index (χ4v) is 2.43. The number of ether oxygens (including phenoxy) is 1. The summed E-state index contributed by atoms with van der Waals surface area (Å²) in [4.78, 5) is 25.4. The summed E-state index contributed by atoms with van der Waals surface area (Å²) in [6.45, 7) is 0. The average molecular weight is 324 g/mol. The minimum Gasteiger partial charge on any atom is -0.394 e. The van der Waals surface area contributed by atoms with Crippen molar-refractivity contribution in [2.24, 2.45) is 0 Å². The molecule has 0 saturated heterocycles. The number of aromatic nitrogens is 1. The van der Waals surface area contributed by atoms with Crippen molar-refractivity contribution in [3.8, 4) is 5.75 Å². The van der Waals surface area contributed by atoms with Gasteiger partial charge < -0.3 is 8.92 Å². The number of non-ortho nitro benzene ring substituents is 1. The van der Waals surface area contributed by atoms with E-state index in [0.29, 0.717) is 5.03 Å². The summed E-state index contributed by atoms with van der Waals surface area (Å²) < 4.78 is 9.62. The molecule has 0 aliphatic carbocycles. The Morgan fingerprint density at radius 2 is 1.95 bits per heavy atom. The molecule has 1 aromatic carbocycles. The maximum atomic E-state index is 11.4. The molecule has 0 fully saturated rings. The van der Waals surface area contributed by atoms with Crippen LogP contribution in [0.5, 0.6) is 5.75 Å². The number of carbonyl (C=O) groups excluding carboxylic acids is 1. The predicted octanol–water partition coefficient (Wildman–Crippen LogP) is 3.86. The van der Waals surface area contributed by atoms with Crippen LogP contribution in [0.1, 0.15) is 0 Å². The molecule has 1 aromatic heterocycles. The van der Waals surface area contributed by atoms with E-state index in [-0.39, 0.29) is 11.4 Å². The summed E-state index contributed by atoms with van der Waals surface area (Å²) in [7, 11) is 1.16. The summed E-state index contributed by atoms with van der Waals surface area (Å²) in [5.41, 5.74) is -0.0872. The lowest BCUT2D eigenvalue weighted by Crippen LogP contribution is -2.05. The Morgan fingerprint density at radius 3 is 2.57 bits per heavy atom. The molecule has 2 rings (SSSR count). The predicted molar refractivity (Wildman–Crippen MR) is 77.9 cm³/mol. The Kier molecular flexibility index (Phi) is 5.41. The molecule has 21 heavy (non-hydrogen) atoms. The van der Waals surface area contributed by atoms with Gasteiger partial charge >= 0.3 is 6.16 Å². The number of rotatable bonds is 5. The third kappa shape index (κ3) is 4.97. The maximum Gasteiger partial charge on any atom is 0.527 e. The highest BCUT2D eigenvalue weighted by Gasteiger charge is 2.10. The lowest BCUT2D eigenvalue weighted by molar-refractivity contribution is -0.384. The van der Waals surface area contributed by atoms with Gasteiger partial charge in [-0.1, -0.05) is 6.07 Å². The molecule has 2 aromatic rings. The largest absolute Gasteiger partial charge is 0.527 e. The smallest absolute Gasteiger partial charge is 0.394 e. The van der Waals surface area contributed by atoms with Crippen molar-refractivity contribution in [3.63, 3.8) is 0 Å². The van der Waals surface area contributed by atoms with Gasteiger partial charge in [-0.05, 0) is 24.3 Å². The molecular weight excluding hydrogens is 316 g/mol. The minimum atomic E-state index is -0.919. The zero-order valence-corrected chi connectivity index (χ0v) is 12.0. The van der Waals surface area contributed by atoms with Crippen LogP contribution < -0.4 is 4.74 Å². The molecule has 7 nitrogen and oxygen atoms in total. The van der Waals surface area contributed by atoms with Crippen LogP contribution in [-0.2, 0) is 4.18 Å². The first-order valence-electron chi connectivity index (χ1n) is 5.53. The van der Waals surface area contributed by atoms with E-state index in [2.05, 4.69) is 4.98 Å². The summed E-state index contributed by atoms with van der Waals surface area (Å²) in [5, 5.41) is 11.2. The van der Waals surface area contributed by atoms with E-state index < -0.39 is 11.1 Å². The first kappa shape index (κ1) is 15.1. The Bertz CT molecular complexity index is 621. The SMILES string of the molecule is O=C(OSSc1ccccn1)Oc1ccc([N+](=O)[O-])cc1. The van der Waals surface area contributed by atoms with E-state index in [0.717, 1.165) is 21.9 Å². The molecule has 0 amide bonds. The second-order valence-electron chi connectivity index (χ2n) is 3.51. The quantitative estimate of drug-likeness (QED) is 0.204. The maximum absolute atomic E-state index is 11.4. The molecule has 1 heterocycles. The molecule has 0 radical (unpaired) electrons. The molecule has 0 unspecified atom stereocenters. The van der Waals surface area contributed by atoms with E-state index in [4.69, 9.17) is 8.92 Å². The molecule has 0 aliphatic rings. The van der Waals surface area contributed by atoms with Crippen LogP contribution in [0.15, 0.2) is 53.7 Å². The van der Waals surface area contributed by atoms with Gasteiger partial charge in [0.15, 0.2) is 0 Å². The second-order valence-corrected chi connectivity index (χ2v) is 5.30. The summed E-state index contributed by atoms with van der Waals surface area (Å²) in [6.07, 6.45) is 0.704. The standard InChI is InChI=1S/C12H8N2O5S2/c15-12(19-21-20-11-3-1-2-8-13-11)18-10-6-4-9(5-7-10)14(16)17/h1-8H. The highest BCUT2D eigenvalue weighted by atomic mass is 33.1. The number of nitro groups is 1. The first-order chi connectivity index (χ1) is 10.1. The van der Waals surface area contributed by atoms with Gasteiger partial charge in [-0.3, -0.25) is 10.1 Å². The van der Waals surface area contributed by atoms with Gasteiger partial charge in [-0.15, -0.1) is 0 Å². The second kappa shape index (κ2) is 7.50. The lowest BCUT2D eigenvalue weighted by Gasteiger charge is -2.03. The molecule has 108 valence electrons. The monoisotopic (exact) mass is 324 g/mol. The van der Waals surface area contributed by atoms with Gasteiger partial charge in [0.1, 0.15) is 21.9 Å². The summed E-state index contributed by atoms with van der Waals surface area (Å²) >= 11 is 0.813. The van der Waals surface area contributed by atoms with Crippen LogP contribution in [0, 0.1) is 10.1 Å². The van der Waals surface area contributed by atoms with E-state index in [1.54, 1.807) is 18.3 Å². The average Bonchev–Trinajstić information content (AvgIpc) is 2.49. The number of pyridine rings is 1. The van der Waals surface area contributed by atoms with Crippen LogP contribution in [0.3, 0.4) is 0 Å². The number of benzene rings is 1. The number of hydrogen-bond acceptors (Lipinski definition) is 8. The summed E-state index contributed by atoms with van der Waals surface area (Å²) in [6, 6.07) is 10.5. The Hall–Kier alpha value is -2.26. The van der Waals surface area contributed by atoms with Gasteiger partial charge in [-0.2, -0.15) is 0 Å². The fourth-order valence-electron chi connectivity index (χ4n) is 1.23. The molecule has 0 spiro atoms. The van der Waals surface area contributed by atoms with Crippen LogP contribution in [0.25, 0.3) is 0 Å². The summed E-state index contributed by atoms with van der Waals surface area (Å²) in [5.74, 6) is 0.161. The molecule has 9 heteroatoms. The van der Waals surface area contributed by atoms with Gasteiger partial charge in [0.2, 0.25) is 0 Å². The Morgan fingerprint density at radius 1 is 1.19 bits per heavy atom. The van der Waals surface area contributed by atoms with Gasteiger partial charge in [0, 0.05) is 29.1 Å². The number of nitro benzene ring substituents is 1. The van der Waals surface area contributed by atoms with Crippen molar-refractivity contribution in [1.29, 1.82) is 0 Å². The lowest BCUT2D eigenvalue weighted by atomic mass is 10.3. The van der Waals surface area contributed by atoms with Crippen molar-refractivity contribution in [1.82, 2.24) is 4.98 Å². The van der Waals surface area contributed by atoms with Crippen molar-refractivity contribution in [2.75, 3.05) is 0 Å². The van der Waals surface area contributed by atoms with Gasteiger partial charge in [0.25, 0.3) is 5.69 Å². The van der Waals surface area contributed by atoms with E-state index >= 15 is 0 Å². The fraction of sp³-hybridized carbons (Fsp3) is 0. The highest BCUT2D eigenvalue weighted by molar-refractivity contribution is 8.75. The molecule has 0 bridgehead atoms. The third-order valence-electron chi connectivity index (χ3n) is 2.11. The molecule has 0 atom stereocenters. The van der Waals surface area contributed by atoms with E-state index in [9.17, 15) is 14.9 Å². The van der Waals surface area contributed by atoms with Crippen molar-refractivity contribution in [2.45, 2.75) is 5.03 Å². The Balaban J connectivity index is 1.78. The van der Waals surface area contributed by atoms with Crippen molar-refractivity contribution in [3.05, 3.63) is 58.8 Å².